The third kappa shape index (κ3) is 2.59. The van der Waals surface area contributed by atoms with Gasteiger partial charge in [0.05, 0.1) is 5.69 Å². The molecule has 0 aliphatic rings. The Bertz CT molecular complexity index is 864. The van der Waals surface area contributed by atoms with E-state index in [2.05, 4.69) is 64.2 Å². The van der Waals surface area contributed by atoms with Crippen LogP contribution in [0.15, 0.2) is 46.9 Å². The molecule has 0 aliphatic carbocycles. The van der Waals surface area contributed by atoms with Crippen molar-refractivity contribution in [1.29, 1.82) is 0 Å². The van der Waals surface area contributed by atoms with Crippen molar-refractivity contribution in [3.05, 3.63) is 62.8 Å². The first-order chi connectivity index (χ1) is 10.1. The van der Waals surface area contributed by atoms with Gasteiger partial charge >= 0.3 is 0 Å². The van der Waals surface area contributed by atoms with Crippen LogP contribution >= 0.6 is 28.1 Å². The Balaban J connectivity index is 2.28. The number of nitrogens with zero attached hydrogens (tertiary/aromatic N) is 2. The third-order valence-corrected chi connectivity index (χ3v) is 4.31. The van der Waals surface area contributed by atoms with Crippen LogP contribution in [0.25, 0.3) is 17.1 Å². The molecule has 0 bridgehead atoms. The molecule has 3 nitrogen and oxygen atoms in total. The molecule has 3 aromatic rings. The summed E-state index contributed by atoms with van der Waals surface area (Å²) < 4.78 is 3.54. The van der Waals surface area contributed by atoms with Crippen LogP contribution in [0, 0.1) is 18.6 Å². The predicted molar refractivity (Wildman–Crippen MR) is 91.4 cm³/mol. The van der Waals surface area contributed by atoms with Crippen LogP contribution < -0.4 is 0 Å². The molecular weight excluding hydrogens is 346 g/mol. The molecule has 0 saturated carbocycles. The van der Waals surface area contributed by atoms with Crippen molar-refractivity contribution in [2.75, 3.05) is 0 Å². The van der Waals surface area contributed by atoms with E-state index in [1.165, 1.54) is 5.56 Å². The van der Waals surface area contributed by atoms with Gasteiger partial charge in [-0.05, 0) is 65.3 Å². The number of hydrogen-bond donors (Lipinski definition) is 1. The van der Waals surface area contributed by atoms with Gasteiger partial charge in [0, 0.05) is 10.0 Å². The molecule has 0 unspecified atom stereocenters. The zero-order chi connectivity index (χ0) is 15.0. The molecule has 21 heavy (non-hydrogen) atoms. The largest absolute Gasteiger partial charge is 0.267 e. The van der Waals surface area contributed by atoms with E-state index in [0.29, 0.717) is 4.77 Å². The highest BCUT2D eigenvalue weighted by Gasteiger charge is 2.14. The van der Waals surface area contributed by atoms with Crippen molar-refractivity contribution in [2.45, 2.75) is 13.8 Å². The lowest BCUT2D eigenvalue weighted by Crippen LogP contribution is -2.00. The molecule has 0 amide bonds. The summed E-state index contributed by atoms with van der Waals surface area (Å²) >= 11 is 9.03. The molecule has 3 rings (SSSR count). The van der Waals surface area contributed by atoms with Gasteiger partial charge in [-0.1, -0.05) is 30.3 Å². The van der Waals surface area contributed by atoms with E-state index in [-0.39, 0.29) is 0 Å². The second-order valence-electron chi connectivity index (χ2n) is 4.96. The van der Waals surface area contributed by atoms with Gasteiger partial charge < -0.3 is 0 Å². The minimum atomic E-state index is 0.581. The van der Waals surface area contributed by atoms with Crippen LogP contribution in [0.4, 0.5) is 0 Å². The SMILES string of the molecule is Cc1ccc(-n2c(-c3ccccc3C)n[nH]c2=S)c(Br)c1. The van der Waals surface area contributed by atoms with Crippen molar-refractivity contribution in [3.8, 4) is 17.1 Å². The maximum Gasteiger partial charge on any atom is 0.200 e. The number of H-pyrrole nitrogens is 1. The summed E-state index contributed by atoms with van der Waals surface area (Å²) in [5.41, 5.74) is 4.41. The third-order valence-electron chi connectivity index (χ3n) is 3.40. The van der Waals surface area contributed by atoms with Crippen LogP contribution in [0.1, 0.15) is 11.1 Å². The highest BCUT2D eigenvalue weighted by molar-refractivity contribution is 9.10. The molecule has 0 spiro atoms. The molecule has 1 heterocycles. The number of aromatic nitrogens is 3. The molecule has 0 aliphatic heterocycles. The summed E-state index contributed by atoms with van der Waals surface area (Å²) in [7, 11) is 0. The Kier molecular flexibility index (Phi) is 3.78. The molecule has 0 saturated heterocycles. The standard InChI is InChI=1S/C16H14BrN3S/c1-10-7-8-14(13(17)9-10)20-15(18-19-16(20)21)12-6-4-3-5-11(12)2/h3-9H,1-2H3,(H,19,21). The Morgan fingerprint density at radius 1 is 1.14 bits per heavy atom. The maximum atomic E-state index is 5.41. The molecule has 0 radical (unpaired) electrons. The number of aromatic amines is 1. The van der Waals surface area contributed by atoms with E-state index < -0.39 is 0 Å². The molecular formula is C16H14BrN3S. The van der Waals surface area contributed by atoms with Crippen molar-refractivity contribution >= 4 is 28.1 Å². The lowest BCUT2D eigenvalue weighted by Gasteiger charge is -2.11. The van der Waals surface area contributed by atoms with Crippen molar-refractivity contribution in [3.63, 3.8) is 0 Å². The van der Waals surface area contributed by atoms with Crippen LogP contribution in [-0.2, 0) is 0 Å². The van der Waals surface area contributed by atoms with E-state index in [1.54, 1.807) is 0 Å². The Labute approximate surface area is 136 Å². The second kappa shape index (κ2) is 5.58. The fourth-order valence-electron chi connectivity index (χ4n) is 2.32. The zero-order valence-corrected chi connectivity index (χ0v) is 14.1. The lowest BCUT2D eigenvalue weighted by atomic mass is 10.1. The number of rotatable bonds is 2. The molecule has 106 valence electrons. The van der Waals surface area contributed by atoms with E-state index in [1.807, 2.05) is 22.8 Å². The number of hydrogen-bond acceptors (Lipinski definition) is 2. The van der Waals surface area contributed by atoms with Crippen LogP contribution in [0.5, 0.6) is 0 Å². The normalized spacial score (nSPS) is 10.8. The monoisotopic (exact) mass is 359 g/mol. The fraction of sp³-hybridized carbons (Fsp3) is 0.125. The van der Waals surface area contributed by atoms with Gasteiger partial charge in [-0.15, -0.1) is 0 Å². The van der Waals surface area contributed by atoms with E-state index in [4.69, 9.17) is 12.2 Å². The summed E-state index contributed by atoms with van der Waals surface area (Å²) in [6.45, 7) is 4.13. The minimum Gasteiger partial charge on any atom is -0.267 e. The summed E-state index contributed by atoms with van der Waals surface area (Å²) in [6.07, 6.45) is 0. The lowest BCUT2D eigenvalue weighted by molar-refractivity contribution is 1.03. The van der Waals surface area contributed by atoms with E-state index in [0.717, 1.165) is 27.1 Å². The zero-order valence-electron chi connectivity index (χ0n) is 11.7. The molecule has 0 fully saturated rings. The van der Waals surface area contributed by atoms with Crippen LogP contribution in [-0.4, -0.2) is 14.8 Å². The number of aryl methyl sites for hydroxylation is 2. The summed E-state index contributed by atoms with van der Waals surface area (Å²) in [6, 6.07) is 14.3. The predicted octanol–water partition coefficient (Wildman–Crippen LogP) is 4.98. The Hall–Kier alpha value is -1.72. The minimum absolute atomic E-state index is 0.581. The van der Waals surface area contributed by atoms with Crippen molar-refractivity contribution < 1.29 is 0 Å². The molecule has 0 atom stereocenters. The Morgan fingerprint density at radius 2 is 1.90 bits per heavy atom. The summed E-state index contributed by atoms with van der Waals surface area (Å²) in [5, 5.41) is 7.31. The number of benzene rings is 2. The smallest absolute Gasteiger partial charge is 0.200 e. The van der Waals surface area contributed by atoms with Gasteiger partial charge in [-0.2, -0.15) is 5.10 Å². The quantitative estimate of drug-likeness (QED) is 0.654. The Morgan fingerprint density at radius 3 is 2.62 bits per heavy atom. The fourth-order valence-corrected chi connectivity index (χ4v) is 3.22. The first-order valence-electron chi connectivity index (χ1n) is 6.58. The average molecular weight is 360 g/mol. The molecule has 2 aromatic carbocycles. The molecule has 5 heteroatoms. The number of halogens is 1. The second-order valence-corrected chi connectivity index (χ2v) is 6.20. The van der Waals surface area contributed by atoms with Gasteiger partial charge in [-0.25, -0.2) is 0 Å². The van der Waals surface area contributed by atoms with Gasteiger partial charge in [0.2, 0.25) is 0 Å². The average Bonchev–Trinajstić information content (AvgIpc) is 2.81. The summed E-state index contributed by atoms with van der Waals surface area (Å²) in [4.78, 5) is 0. The van der Waals surface area contributed by atoms with Gasteiger partial charge in [0.1, 0.15) is 0 Å². The molecule has 1 aromatic heterocycles. The maximum absolute atomic E-state index is 5.41. The van der Waals surface area contributed by atoms with Gasteiger partial charge in [0.25, 0.3) is 0 Å². The van der Waals surface area contributed by atoms with Crippen molar-refractivity contribution in [1.82, 2.24) is 14.8 Å². The van der Waals surface area contributed by atoms with Crippen LogP contribution in [0.3, 0.4) is 0 Å². The first kappa shape index (κ1) is 14.2. The van der Waals surface area contributed by atoms with Crippen molar-refractivity contribution in [2.24, 2.45) is 0 Å². The van der Waals surface area contributed by atoms with Gasteiger partial charge in [0.15, 0.2) is 10.6 Å². The topological polar surface area (TPSA) is 33.6 Å². The van der Waals surface area contributed by atoms with Crippen LogP contribution in [0.2, 0.25) is 0 Å². The van der Waals surface area contributed by atoms with E-state index in [9.17, 15) is 0 Å². The highest BCUT2D eigenvalue weighted by atomic mass is 79.9. The highest BCUT2D eigenvalue weighted by Crippen LogP contribution is 2.28. The van der Waals surface area contributed by atoms with E-state index >= 15 is 0 Å². The summed E-state index contributed by atoms with van der Waals surface area (Å²) in [5.74, 6) is 0.822. The first-order valence-corrected chi connectivity index (χ1v) is 7.78. The van der Waals surface area contributed by atoms with Gasteiger partial charge in [-0.3, -0.25) is 9.67 Å². The molecule has 1 N–H and O–H groups in total. The number of nitrogens with one attached hydrogen (secondary N) is 1.